The number of carbonyl (C=O) groups is 10. The molecule has 0 aromatic carbocycles. The van der Waals surface area contributed by atoms with Crippen molar-refractivity contribution < 1.29 is 133 Å². The van der Waals surface area contributed by atoms with Crippen LogP contribution < -0.4 is 21.3 Å². The van der Waals surface area contributed by atoms with Gasteiger partial charge < -0.3 is 101 Å². The van der Waals surface area contributed by atoms with Crippen LogP contribution in [0.5, 0.6) is 0 Å². The fourth-order valence-corrected chi connectivity index (χ4v) is 9.46. The normalized spacial score (nSPS) is 21.2. The third-order valence-corrected chi connectivity index (χ3v) is 13.7. The Morgan fingerprint density at radius 1 is 0.629 bits per heavy atom. The van der Waals surface area contributed by atoms with E-state index in [2.05, 4.69) is 38.8 Å². The summed E-state index contributed by atoms with van der Waals surface area (Å²) in [5.74, 6) is -3.30. The lowest BCUT2D eigenvalue weighted by molar-refractivity contribution is -0.172. The molecular weight excluding hydrogens is 1290 g/mol. The van der Waals surface area contributed by atoms with E-state index in [-0.39, 0.29) is 128 Å². The van der Waals surface area contributed by atoms with Crippen LogP contribution in [0.25, 0.3) is 0 Å². The third-order valence-electron chi connectivity index (χ3n) is 13.7. The summed E-state index contributed by atoms with van der Waals surface area (Å²) in [5, 5.41) is 10.6. The molecule has 0 saturated carbocycles. The number of carbonyl (C=O) groups excluding carboxylic acids is 10. The molecule has 2 saturated heterocycles. The summed E-state index contributed by atoms with van der Waals surface area (Å²) in [6.45, 7) is 19.7. The molecular formula is C63H94N6O28. The van der Waals surface area contributed by atoms with Crippen molar-refractivity contribution in [3.63, 3.8) is 0 Å². The van der Waals surface area contributed by atoms with Gasteiger partial charge in [-0.05, 0) is 73.5 Å². The second-order valence-electron chi connectivity index (χ2n) is 23.9. The highest BCUT2D eigenvalue weighted by Crippen LogP contribution is 2.34. The number of amidine groups is 1. The van der Waals surface area contributed by atoms with Crippen LogP contribution in [0.1, 0.15) is 94.4 Å². The lowest BCUT2D eigenvalue weighted by Crippen LogP contribution is -2.64. The highest BCUT2D eigenvalue weighted by molar-refractivity contribution is 5.94. The van der Waals surface area contributed by atoms with Crippen molar-refractivity contribution in [2.75, 3.05) is 120 Å². The van der Waals surface area contributed by atoms with E-state index in [0.717, 1.165) is 14.2 Å². The number of cyclic esters (lactones) is 4. The van der Waals surface area contributed by atoms with Crippen LogP contribution in [0.3, 0.4) is 0 Å². The second kappa shape index (κ2) is 41.6. The van der Waals surface area contributed by atoms with Gasteiger partial charge in [-0.2, -0.15) is 0 Å². The van der Waals surface area contributed by atoms with E-state index < -0.39 is 139 Å². The van der Waals surface area contributed by atoms with Crippen LogP contribution in [0.4, 0.5) is 19.2 Å². The Morgan fingerprint density at radius 3 is 1.57 bits per heavy atom. The van der Waals surface area contributed by atoms with Gasteiger partial charge in [0.05, 0.1) is 98.2 Å². The average Bonchev–Trinajstić information content (AvgIpc) is 1.74. The minimum atomic E-state index is -1.53. The minimum absolute atomic E-state index is 0.00470. The molecule has 4 heterocycles. The first-order chi connectivity index (χ1) is 46.0. The van der Waals surface area contributed by atoms with Gasteiger partial charge in [-0.3, -0.25) is 34.8 Å². The Bertz CT molecular complexity index is 2790. The molecule has 97 heavy (non-hydrogen) atoms. The predicted molar refractivity (Wildman–Crippen MR) is 334 cm³/mol. The topological polar surface area (TPSA) is 401 Å². The summed E-state index contributed by atoms with van der Waals surface area (Å²) in [6.07, 6.45) is -4.20. The zero-order valence-electron chi connectivity index (χ0n) is 56.9. The van der Waals surface area contributed by atoms with E-state index in [0.29, 0.717) is 26.4 Å². The van der Waals surface area contributed by atoms with E-state index in [1.807, 2.05) is 0 Å². The van der Waals surface area contributed by atoms with E-state index in [1.165, 1.54) is 30.9 Å². The standard InChI is InChI=1S/C63H94N6O28/c1-14-22-82-28-30-86-32-33-87-31-29-85-25-19-48(71)69(20-26-83-23-15-17-49(72)94-53(46-36-88-60(78)92-46)52-38(2)42(34-44(90-52)56(74)80-12)64-39(3)66-58(76)96-62(6,7)8)21-27-84-24-16-18-50(73)95-54(47-37-89-61(79)93-47)55-51(68-41(5)70)43(35-45(91-55)57(75)81-13)65-40(4)67-59(77)97-63(9,10)11/h1,34-35,38,42-43,46-47,51-55,65H,4,15-33,36-37H2,2-3,5-13H3,(H,67,77)(H,68,70)(H,64,66,76)/t38-,42+,43+,46-,47-,51-,52-,53-,54-,55-/m1/s1. The van der Waals surface area contributed by atoms with Crippen LogP contribution in [0, 0.1) is 18.3 Å². The summed E-state index contributed by atoms with van der Waals surface area (Å²) in [6, 6.07) is -3.19. The van der Waals surface area contributed by atoms with Crippen LogP contribution in [-0.2, 0) is 114 Å². The van der Waals surface area contributed by atoms with E-state index in [9.17, 15) is 47.9 Å². The Labute approximate surface area is 563 Å². The average molecular weight is 1380 g/mol. The molecule has 34 nitrogen and oxygen atoms in total. The van der Waals surface area contributed by atoms with Gasteiger partial charge in [-0.25, -0.2) is 28.8 Å². The zero-order chi connectivity index (χ0) is 71.7. The van der Waals surface area contributed by atoms with Crippen molar-refractivity contribution in [1.82, 2.24) is 26.2 Å². The van der Waals surface area contributed by atoms with E-state index in [1.54, 1.807) is 48.5 Å². The maximum atomic E-state index is 13.7. The van der Waals surface area contributed by atoms with Gasteiger partial charge in [0, 0.05) is 52.0 Å². The van der Waals surface area contributed by atoms with Gasteiger partial charge in [0.1, 0.15) is 48.8 Å². The molecule has 0 aliphatic carbocycles. The van der Waals surface area contributed by atoms with Crippen LogP contribution >= 0.6 is 0 Å². The first kappa shape index (κ1) is 80.9. The molecule has 34 heteroatoms. The molecule has 0 aromatic rings. The molecule has 0 aromatic heterocycles. The van der Waals surface area contributed by atoms with Crippen molar-refractivity contribution in [2.24, 2.45) is 10.9 Å². The molecule has 0 spiro atoms. The van der Waals surface area contributed by atoms with Gasteiger partial charge in [0.25, 0.3) is 0 Å². The second-order valence-corrected chi connectivity index (χ2v) is 23.9. The number of alkyl carbamates (subject to hydrolysis) is 2. The van der Waals surface area contributed by atoms with Gasteiger partial charge in [-0.1, -0.05) is 19.4 Å². The molecule has 544 valence electrons. The number of ether oxygens (including phenoxy) is 18. The maximum absolute atomic E-state index is 13.7. The van der Waals surface area contributed by atoms with Crippen molar-refractivity contribution in [1.29, 1.82) is 0 Å². The first-order valence-electron chi connectivity index (χ1n) is 31.4. The van der Waals surface area contributed by atoms with Gasteiger partial charge >= 0.3 is 48.4 Å². The van der Waals surface area contributed by atoms with Crippen LogP contribution in [-0.4, -0.2) is 257 Å². The number of amides is 4. The van der Waals surface area contributed by atoms with Crippen LogP contribution in [0.15, 0.2) is 41.1 Å². The molecule has 2 fully saturated rings. The summed E-state index contributed by atoms with van der Waals surface area (Å²) in [4.78, 5) is 135. The highest BCUT2D eigenvalue weighted by atomic mass is 16.8. The fraction of sp³-hybridized carbons (Fsp3) is 0.698. The maximum Gasteiger partial charge on any atom is 0.508 e. The van der Waals surface area contributed by atoms with E-state index >= 15 is 0 Å². The fourth-order valence-electron chi connectivity index (χ4n) is 9.46. The van der Waals surface area contributed by atoms with Crippen molar-refractivity contribution >= 4 is 66.0 Å². The van der Waals surface area contributed by atoms with Crippen LogP contribution in [0.2, 0.25) is 0 Å². The molecule has 10 atom stereocenters. The number of hydrogen-bond acceptors (Lipinski definition) is 30. The van der Waals surface area contributed by atoms with Crippen molar-refractivity contribution in [3.8, 4) is 12.3 Å². The van der Waals surface area contributed by atoms with Crippen molar-refractivity contribution in [2.45, 2.75) is 160 Å². The lowest BCUT2D eigenvalue weighted by atomic mass is 9.87. The van der Waals surface area contributed by atoms with Gasteiger partial charge in [0.15, 0.2) is 30.5 Å². The molecule has 4 N–H and O–H groups in total. The lowest BCUT2D eigenvalue weighted by Gasteiger charge is -2.41. The molecule has 4 aliphatic rings. The molecule has 0 unspecified atom stereocenters. The summed E-state index contributed by atoms with van der Waals surface area (Å²) >= 11 is 0. The number of hydrogen-bond donors (Lipinski definition) is 4. The number of terminal acetylenes is 1. The SMILES string of the molecule is C#CCOCCOCCOCCOCCC(=O)N(CCOCCCC(=O)O[C@@H]([C@@H]1OC(C(=O)OC)=C[C@H](N=C(C)NC(=O)OC(C)(C)C)[C@H]1C)[C@H]1COC(=O)O1)CCOCCCC(=O)O[C@@H]([C@@H]1OC(C(=O)OC)=C[C@H](NC(=C)NC(=O)OC(C)(C)C)[C@H]1NC(C)=O)[C@H]1COC(=O)O1. The predicted octanol–water partition coefficient (Wildman–Crippen LogP) is 2.71. The first-order valence-corrected chi connectivity index (χ1v) is 31.4. The molecule has 4 amide bonds. The number of nitrogens with zero attached hydrogens (tertiary/aromatic N) is 2. The number of nitrogens with one attached hydrogen (secondary N) is 4. The summed E-state index contributed by atoms with van der Waals surface area (Å²) < 4.78 is 98.7. The van der Waals surface area contributed by atoms with Crippen molar-refractivity contribution in [3.05, 3.63) is 36.1 Å². The number of esters is 4. The van der Waals surface area contributed by atoms with Gasteiger partial charge in [0.2, 0.25) is 23.3 Å². The Kier molecular flexibility index (Phi) is 34.7. The van der Waals surface area contributed by atoms with Gasteiger partial charge in [-0.15, -0.1) is 6.42 Å². The van der Waals surface area contributed by atoms with E-state index in [4.69, 9.17) is 91.7 Å². The highest BCUT2D eigenvalue weighted by Gasteiger charge is 2.51. The largest absolute Gasteiger partial charge is 0.508 e. The smallest absolute Gasteiger partial charge is 0.479 e. The summed E-state index contributed by atoms with van der Waals surface area (Å²) in [5.41, 5.74) is -1.68. The molecule has 4 rings (SSSR count). The summed E-state index contributed by atoms with van der Waals surface area (Å²) in [7, 11) is 2.23. The quantitative estimate of drug-likeness (QED) is 0.0171. The Hall–Kier alpha value is -8.49. The molecule has 4 aliphatic heterocycles. The molecule has 0 radical (unpaired) electrons. The Morgan fingerprint density at radius 2 is 1.09 bits per heavy atom. The number of methoxy groups -OCH3 is 2. The zero-order valence-corrected chi connectivity index (χ0v) is 56.9. The minimum Gasteiger partial charge on any atom is -0.479 e. The Balaban J connectivity index is 1.38. The monoisotopic (exact) mass is 1380 g/mol. The number of aliphatic imine (C=N–C) groups is 1. The third kappa shape index (κ3) is 30.6. The number of rotatable bonds is 40. The molecule has 0 bridgehead atoms.